The molecule has 1 saturated heterocycles. The van der Waals surface area contributed by atoms with Gasteiger partial charge in [-0.2, -0.15) is 0 Å². The molecule has 0 spiro atoms. The first-order chi connectivity index (χ1) is 10.3. The quantitative estimate of drug-likeness (QED) is 0.924. The van der Waals surface area contributed by atoms with E-state index >= 15 is 0 Å². The van der Waals surface area contributed by atoms with E-state index in [9.17, 15) is 5.11 Å². The number of aliphatic hydroxyl groups excluding tert-OH is 1. The van der Waals surface area contributed by atoms with Crippen LogP contribution in [0.15, 0.2) is 30.3 Å². The molecule has 2 atom stereocenters. The van der Waals surface area contributed by atoms with Gasteiger partial charge in [-0.05, 0) is 56.8 Å². The van der Waals surface area contributed by atoms with E-state index in [1.165, 1.54) is 32.1 Å². The maximum Gasteiger partial charge on any atom is 0.119 e. The van der Waals surface area contributed by atoms with Crippen LogP contribution in [0.5, 0.6) is 5.75 Å². The van der Waals surface area contributed by atoms with Crippen molar-refractivity contribution >= 4 is 0 Å². The van der Waals surface area contributed by atoms with E-state index < -0.39 is 0 Å². The van der Waals surface area contributed by atoms with Gasteiger partial charge in [0.1, 0.15) is 5.75 Å². The lowest BCUT2D eigenvalue weighted by Crippen LogP contribution is -2.49. The van der Waals surface area contributed by atoms with Gasteiger partial charge in [0.2, 0.25) is 0 Å². The lowest BCUT2D eigenvalue weighted by molar-refractivity contribution is 0.000455. The second-order valence-corrected chi connectivity index (χ2v) is 6.52. The third-order valence-corrected chi connectivity index (χ3v) is 5.04. The molecule has 21 heavy (non-hydrogen) atoms. The summed E-state index contributed by atoms with van der Waals surface area (Å²) in [5.74, 6) is 1.63. The molecule has 1 aliphatic heterocycles. The Labute approximate surface area is 127 Å². The zero-order chi connectivity index (χ0) is 14.5. The fourth-order valence-corrected chi connectivity index (χ4v) is 3.70. The summed E-state index contributed by atoms with van der Waals surface area (Å²) in [6, 6.07) is 10.5. The maximum atomic E-state index is 10.2. The molecule has 0 bridgehead atoms. The fourth-order valence-electron chi connectivity index (χ4n) is 3.70. The number of benzene rings is 1. The molecular weight excluding hydrogens is 262 g/mol. The molecule has 2 fully saturated rings. The Bertz CT molecular complexity index is 414. The predicted octanol–water partition coefficient (Wildman–Crippen LogP) is 3.08. The molecule has 0 radical (unpaired) electrons. The Kier molecular flexibility index (Phi) is 5.15. The molecular formula is C18H27NO2. The molecule has 2 aliphatic rings. The number of hydrogen-bond acceptors (Lipinski definition) is 3. The van der Waals surface area contributed by atoms with Crippen LogP contribution >= 0.6 is 0 Å². The van der Waals surface area contributed by atoms with Crippen LogP contribution in [0.2, 0.25) is 0 Å². The van der Waals surface area contributed by atoms with Gasteiger partial charge in [-0.25, -0.2) is 0 Å². The number of likely N-dealkylation sites (tertiary alicyclic amines) is 1. The third-order valence-electron chi connectivity index (χ3n) is 5.04. The summed E-state index contributed by atoms with van der Waals surface area (Å²) in [6.45, 7) is 3.06. The minimum absolute atomic E-state index is 0.101. The largest absolute Gasteiger partial charge is 0.493 e. The molecule has 116 valence electrons. The predicted molar refractivity (Wildman–Crippen MR) is 84.5 cm³/mol. The van der Waals surface area contributed by atoms with E-state index in [0.29, 0.717) is 12.0 Å². The van der Waals surface area contributed by atoms with E-state index in [1.54, 1.807) is 0 Å². The SMILES string of the molecule is OC1CCCCC1N1CCC(COc2ccccc2)CC1. The Morgan fingerprint density at radius 1 is 1.00 bits per heavy atom. The van der Waals surface area contributed by atoms with Crippen molar-refractivity contribution in [3.8, 4) is 5.75 Å². The van der Waals surface area contributed by atoms with Gasteiger partial charge >= 0.3 is 0 Å². The maximum absolute atomic E-state index is 10.2. The number of para-hydroxylation sites is 1. The van der Waals surface area contributed by atoms with Crippen molar-refractivity contribution in [1.82, 2.24) is 4.90 Å². The highest BCUT2D eigenvalue weighted by molar-refractivity contribution is 5.20. The van der Waals surface area contributed by atoms with Crippen molar-refractivity contribution in [1.29, 1.82) is 0 Å². The van der Waals surface area contributed by atoms with Crippen molar-refractivity contribution in [2.75, 3.05) is 19.7 Å². The summed E-state index contributed by atoms with van der Waals surface area (Å²) >= 11 is 0. The number of hydrogen-bond donors (Lipinski definition) is 1. The van der Waals surface area contributed by atoms with Crippen LogP contribution in [-0.4, -0.2) is 41.8 Å². The van der Waals surface area contributed by atoms with Crippen molar-refractivity contribution in [2.45, 2.75) is 50.7 Å². The van der Waals surface area contributed by atoms with E-state index in [0.717, 1.165) is 31.9 Å². The van der Waals surface area contributed by atoms with Gasteiger partial charge in [0, 0.05) is 6.04 Å². The minimum atomic E-state index is -0.101. The van der Waals surface area contributed by atoms with Crippen molar-refractivity contribution < 1.29 is 9.84 Å². The van der Waals surface area contributed by atoms with E-state index in [-0.39, 0.29) is 6.10 Å². The van der Waals surface area contributed by atoms with E-state index in [1.807, 2.05) is 30.3 Å². The normalized spacial score (nSPS) is 28.4. The Morgan fingerprint density at radius 2 is 1.71 bits per heavy atom. The van der Waals surface area contributed by atoms with Crippen LogP contribution in [0.3, 0.4) is 0 Å². The van der Waals surface area contributed by atoms with Crippen LogP contribution in [-0.2, 0) is 0 Å². The third kappa shape index (κ3) is 3.98. The van der Waals surface area contributed by atoms with Crippen LogP contribution in [0.1, 0.15) is 38.5 Å². The van der Waals surface area contributed by atoms with Crippen molar-refractivity contribution in [2.24, 2.45) is 5.92 Å². The Hall–Kier alpha value is -1.06. The van der Waals surface area contributed by atoms with Crippen LogP contribution in [0.25, 0.3) is 0 Å². The van der Waals surface area contributed by atoms with E-state index in [4.69, 9.17) is 4.74 Å². The average Bonchev–Trinajstić information content (AvgIpc) is 2.55. The fraction of sp³-hybridized carbons (Fsp3) is 0.667. The summed E-state index contributed by atoms with van der Waals surface area (Å²) in [7, 11) is 0. The molecule has 3 heteroatoms. The van der Waals surface area contributed by atoms with Crippen molar-refractivity contribution in [3.63, 3.8) is 0 Å². The summed E-state index contributed by atoms with van der Waals surface area (Å²) < 4.78 is 5.88. The first kappa shape index (κ1) is 14.9. The molecule has 0 aromatic heterocycles. The lowest BCUT2D eigenvalue weighted by atomic mass is 9.88. The number of rotatable bonds is 4. The first-order valence-corrected chi connectivity index (χ1v) is 8.43. The van der Waals surface area contributed by atoms with Gasteiger partial charge in [-0.1, -0.05) is 31.0 Å². The Morgan fingerprint density at radius 3 is 2.43 bits per heavy atom. The van der Waals surface area contributed by atoms with Gasteiger partial charge in [0.15, 0.2) is 0 Å². The van der Waals surface area contributed by atoms with Crippen LogP contribution in [0, 0.1) is 5.92 Å². The molecule has 1 aromatic carbocycles. The minimum Gasteiger partial charge on any atom is -0.493 e. The number of ether oxygens (including phenoxy) is 1. The molecule has 2 unspecified atom stereocenters. The van der Waals surface area contributed by atoms with Crippen molar-refractivity contribution in [3.05, 3.63) is 30.3 Å². The van der Waals surface area contributed by atoms with Gasteiger partial charge in [-0.15, -0.1) is 0 Å². The molecule has 1 heterocycles. The van der Waals surface area contributed by atoms with Crippen LogP contribution in [0.4, 0.5) is 0 Å². The Balaban J connectivity index is 1.42. The first-order valence-electron chi connectivity index (χ1n) is 8.43. The molecule has 1 N–H and O–H groups in total. The topological polar surface area (TPSA) is 32.7 Å². The van der Waals surface area contributed by atoms with Gasteiger partial charge < -0.3 is 9.84 Å². The highest BCUT2D eigenvalue weighted by Gasteiger charge is 2.31. The number of piperidine rings is 1. The smallest absolute Gasteiger partial charge is 0.119 e. The average molecular weight is 289 g/mol. The highest BCUT2D eigenvalue weighted by atomic mass is 16.5. The summed E-state index contributed by atoms with van der Waals surface area (Å²) in [4.78, 5) is 2.52. The molecule has 1 aromatic rings. The van der Waals surface area contributed by atoms with Gasteiger partial charge in [0.05, 0.1) is 12.7 Å². The molecule has 3 nitrogen and oxygen atoms in total. The summed E-state index contributed by atoms with van der Waals surface area (Å²) in [5, 5.41) is 10.2. The molecule has 3 rings (SSSR count). The second kappa shape index (κ2) is 7.28. The zero-order valence-corrected chi connectivity index (χ0v) is 12.8. The highest BCUT2D eigenvalue weighted by Crippen LogP contribution is 2.27. The van der Waals surface area contributed by atoms with Gasteiger partial charge in [0.25, 0.3) is 0 Å². The zero-order valence-electron chi connectivity index (χ0n) is 12.8. The molecule has 0 amide bonds. The number of nitrogens with zero attached hydrogens (tertiary/aromatic N) is 1. The monoisotopic (exact) mass is 289 g/mol. The number of aliphatic hydroxyl groups is 1. The second-order valence-electron chi connectivity index (χ2n) is 6.52. The summed E-state index contributed by atoms with van der Waals surface area (Å²) in [6.07, 6.45) is 6.91. The van der Waals surface area contributed by atoms with Crippen LogP contribution < -0.4 is 4.74 Å². The molecule has 1 aliphatic carbocycles. The van der Waals surface area contributed by atoms with E-state index in [2.05, 4.69) is 4.90 Å². The van der Waals surface area contributed by atoms with Gasteiger partial charge in [-0.3, -0.25) is 4.90 Å². The summed E-state index contributed by atoms with van der Waals surface area (Å²) in [5.41, 5.74) is 0. The lowest BCUT2D eigenvalue weighted by Gasteiger charge is -2.41. The standard InChI is InChI=1S/C18H27NO2/c20-18-9-5-4-8-17(18)19-12-10-15(11-13-19)14-21-16-6-2-1-3-7-16/h1-3,6-7,15,17-18,20H,4-5,8-14H2. The molecule has 1 saturated carbocycles.